The Labute approximate surface area is 203 Å². The molecular formula is C26H30N6O3. The quantitative estimate of drug-likeness (QED) is 0.329. The number of pyridine rings is 2. The lowest BCUT2D eigenvalue weighted by atomic mass is 10.1. The minimum absolute atomic E-state index is 0.184. The van der Waals surface area contributed by atoms with Gasteiger partial charge in [-0.05, 0) is 44.5 Å². The zero-order valence-electron chi connectivity index (χ0n) is 19.7. The summed E-state index contributed by atoms with van der Waals surface area (Å²) in [5.74, 6) is 0.819. The van der Waals surface area contributed by atoms with Gasteiger partial charge in [-0.3, -0.25) is 4.98 Å². The van der Waals surface area contributed by atoms with Crippen LogP contribution >= 0.6 is 0 Å². The number of hydrogen-bond acceptors (Lipinski definition) is 9. The van der Waals surface area contributed by atoms with Crippen molar-refractivity contribution >= 4 is 28.1 Å². The Morgan fingerprint density at radius 2 is 1.77 bits per heavy atom. The molecule has 4 atom stereocenters. The number of aryl methyl sites for hydroxylation is 2. The molecule has 1 aromatic carbocycles. The summed E-state index contributed by atoms with van der Waals surface area (Å²) >= 11 is 0. The van der Waals surface area contributed by atoms with E-state index in [9.17, 15) is 15.3 Å². The van der Waals surface area contributed by atoms with Crippen molar-refractivity contribution in [1.82, 2.24) is 20.6 Å². The Morgan fingerprint density at radius 3 is 2.51 bits per heavy atom. The fraction of sp³-hybridized carbons (Fsp3) is 0.346. The van der Waals surface area contributed by atoms with E-state index in [4.69, 9.17) is 9.98 Å². The molecule has 1 fully saturated rings. The molecule has 0 bridgehead atoms. The van der Waals surface area contributed by atoms with Crippen molar-refractivity contribution in [1.29, 1.82) is 0 Å². The third-order valence-electron chi connectivity index (χ3n) is 6.56. The van der Waals surface area contributed by atoms with E-state index in [0.29, 0.717) is 24.7 Å². The van der Waals surface area contributed by atoms with Gasteiger partial charge >= 0.3 is 0 Å². The molecule has 35 heavy (non-hydrogen) atoms. The first-order chi connectivity index (χ1) is 16.9. The molecule has 0 amide bonds. The summed E-state index contributed by atoms with van der Waals surface area (Å²) in [4.78, 5) is 13.9. The number of aromatic nitrogens is 2. The molecule has 2 aliphatic rings. The molecule has 1 aliphatic heterocycles. The van der Waals surface area contributed by atoms with E-state index in [-0.39, 0.29) is 12.5 Å². The van der Waals surface area contributed by atoms with E-state index < -0.39 is 18.2 Å². The zero-order valence-corrected chi connectivity index (χ0v) is 19.7. The first-order valence-corrected chi connectivity index (χ1v) is 11.8. The largest absolute Gasteiger partial charge is 0.396 e. The van der Waals surface area contributed by atoms with Crippen LogP contribution in [0.2, 0.25) is 0 Å². The maximum absolute atomic E-state index is 10.6. The highest BCUT2D eigenvalue weighted by Crippen LogP contribution is 2.29. The van der Waals surface area contributed by atoms with Crippen LogP contribution < -0.4 is 16.0 Å². The highest BCUT2D eigenvalue weighted by atomic mass is 16.3. The van der Waals surface area contributed by atoms with Crippen molar-refractivity contribution in [3.05, 3.63) is 71.4 Å². The van der Waals surface area contributed by atoms with Crippen molar-refractivity contribution in [2.24, 2.45) is 10.9 Å². The molecule has 3 heterocycles. The van der Waals surface area contributed by atoms with Crippen LogP contribution in [-0.4, -0.2) is 62.6 Å². The molecule has 5 rings (SSSR count). The van der Waals surface area contributed by atoms with Crippen molar-refractivity contribution in [2.75, 3.05) is 18.5 Å². The normalized spacial score (nSPS) is 24.3. The molecule has 0 saturated heterocycles. The highest BCUT2D eigenvalue weighted by Gasteiger charge is 2.41. The van der Waals surface area contributed by atoms with Crippen molar-refractivity contribution in [2.45, 2.75) is 38.5 Å². The lowest BCUT2D eigenvalue weighted by Gasteiger charge is -2.28. The number of para-hydroxylation sites is 1. The lowest BCUT2D eigenvalue weighted by molar-refractivity contribution is 0.000577. The van der Waals surface area contributed by atoms with E-state index >= 15 is 0 Å². The number of guanidine groups is 1. The minimum Gasteiger partial charge on any atom is -0.396 e. The smallest absolute Gasteiger partial charge is 0.201 e. The fourth-order valence-corrected chi connectivity index (χ4v) is 4.79. The molecular weight excluding hydrogens is 444 g/mol. The summed E-state index contributed by atoms with van der Waals surface area (Å²) in [6, 6.07) is 15.3. The van der Waals surface area contributed by atoms with Crippen LogP contribution in [0.1, 0.15) is 23.5 Å². The van der Waals surface area contributed by atoms with Crippen molar-refractivity contribution in [3.63, 3.8) is 0 Å². The fourth-order valence-electron chi connectivity index (χ4n) is 4.79. The van der Waals surface area contributed by atoms with Gasteiger partial charge in [-0.25, -0.2) is 9.98 Å². The van der Waals surface area contributed by atoms with E-state index in [2.05, 4.69) is 20.9 Å². The van der Waals surface area contributed by atoms with Gasteiger partial charge in [-0.15, -0.1) is 0 Å². The monoisotopic (exact) mass is 474 g/mol. The summed E-state index contributed by atoms with van der Waals surface area (Å²) in [6.45, 7) is 4.06. The van der Waals surface area contributed by atoms with Crippen LogP contribution in [0.3, 0.4) is 0 Å². The first kappa shape index (κ1) is 23.2. The van der Waals surface area contributed by atoms with E-state index in [1.807, 2.05) is 62.4 Å². The van der Waals surface area contributed by atoms with E-state index in [1.54, 1.807) is 0 Å². The van der Waals surface area contributed by atoms with Gasteiger partial charge in [0.1, 0.15) is 11.9 Å². The van der Waals surface area contributed by atoms with Crippen LogP contribution in [0, 0.1) is 19.8 Å². The first-order valence-electron chi connectivity index (χ1n) is 11.8. The topological polar surface area (TPSA) is 135 Å². The second-order valence-electron chi connectivity index (χ2n) is 9.21. The number of benzene rings is 1. The van der Waals surface area contributed by atoms with Crippen LogP contribution in [0.15, 0.2) is 59.3 Å². The summed E-state index contributed by atoms with van der Waals surface area (Å²) in [6.07, 6.45) is -1.56. The number of aliphatic hydroxyl groups is 3. The van der Waals surface area contributed by atoms with Gasteiger partial charge in [0.15, 0.2) is 0 Å². The van der Waals surface area contributed by atoms with Gasteiger partial charge in [0.05, 0.1) is 29.9 Å². The molecule has 0 spiro atoms. The summed E-state index contributed by atoms with van der Waals surface area (Å²) in [5.41, 5.74) is 5.16. The maximum atomic E-state index is 10.6. The van der Waals surface area contributed by atoms with Gasteiger partial charge in [0.25, 0.3) is 0 Å². The standard InChI is InChI=1S/C26H30N6O3/c1-14-9-18(10-15(2)28-14)29-26-27-12-19(21-8-7-16-5-3-4-6-20(16)30-21)25(32-26)31-22-11-17(13-33)23(34)24(22)35/h3-10,17,22-24,31,33-35H,11-13H2,1-2H3,(H2,27,28,29,32)/t17-,22-,23-,24+/m1/s1. The Kier molecular flexibility index (Phi) is 6.38. The Bertz CT molecular complexity index is 1290. The molecule has 2 aromatic heterocycles. The van der Waals surface area contributed by atoms with Gasteiger partial charge in [0.2, 0.25) is 5.96 Å². The van der Waals surface area contributed by atoms with Crippen LogP contribution in [0.25, 0.3) is 16.5 Å². The van der Waals surface area contributed by atoms with Crippen LogP contribution in [-0.2, 0) is 0 Å². The molecule has 182 valence electrons. The predicted molar refractivity (Wildman–Crippen MR) is 136 cm³/mol. The average Bonchev–Trinajstić information content (AvgIpc) is 3.11. The van der Waals surface area contributed by atoms with Gasteiger partial charge in [0, 0.05) is 40.6 Å². The minimum atomic E-state index is -1.01. The number of nitrogens with one attached hydrogen (secondary N) is 3. The number of nitrogens with zero attached hydrogens (tertiary/aromatic N) is 3. The highest BCUT2D eigenvalue weighted by molar-refractivity contribution is 5.98. The Hall–Kier alpha value is -3.53. The molecule has 3 aromatic rings. The number of rotatable bonds is 5. The Balaban J connectivity index is 1.46. The molecule has 0 unspecified atom stereocenters. The number of aliphatic hydroxyl groups excluding tert-OH is 3. The lowest BCUT2D eigenvalue weighted by Crippen LogP contribution is -2.47. The molecule has 6 N–H and O–H groups in total. The summed E-state index contributed by atoms with van der Waals surface area (Å²) < 4.78 is 0. The summed E-state index contributed by atoms with van der Waals surface area (Å²) in [7, 11) is 0. The Morgan fingerprint density at radius 1 is 1.00 bits per heavy atom. The van der Waals surface area contributed by atoms with Crippen molar-refractivity contribution in [3.8, 4) is 0 Å². The SMILES string of the molecule is Cc1cc(NC2=NCC(c3ccc4ccccc4n3)=C(N[C@@H]3C[C@H](CO)[C@@H](O)[C@H]3O)N2)cc(C)n1. The third kappa shape index (κ3) is 4.84. The predicted octanol–water partition coefficient (Wildman–Crippen LogP) is 1.68. The number of hydrogen-bond donors (Lipinski definition) is 6. The molecule has 9 heteroatoms. The maximum Gasteiger partial charge on any atom is 0.201 e. The molecule has 1 saturated carbocycles. The third-order valence-corrected chi connectivity index (χ3v) is 6.56. The average molecular weight is 475 g/mol. The van der Waals surface area contributed by atoms with Crippen molar-refractivity contribution < 1.29 is 15.3 Å². The molecule has 1 aliphatic carbocycles. The second kappa shape index (κ2) is 9.61. The molecule has 0 radical (unpaired) electrons. The van der Waals surface area contributed by atoms with Crippen LogP contribution in [0.5, 0.6) is 0 Å². The van der Waals surface area contributed by atoms with E-state index in [1.165, 1.54) is 0 Å². The number of aliphatic imine (C=N–C) groups is 1. The van der Waals surface area contributed by atoms with E-state index in [0.717, 1.165) is 39.2 Å². The number of anilines is 1. The van der Waals surface area contributed by atoms with Crippen LogP contribution in [0.4, 0.5) is 5.69 Å². The van der Waals surface area contributed by atoms with Gasteiger partial charge < -0.3 is 31.3 Å². The number of fused-ring (bicyclic) bond motifs is 1. The van der Waals surface area contributed by atoms with Gasteiger partial charge in [-0.1, -0.05) is 24.3 Å². The van der Waals surface area contributed by atoms with Gasteiger partial charge in [-0.2, -0.15) is 0 Å². The second-order valence-corrected chi connectivity index (χ2v) is 9.21. The zero-order chi connectivity index (χ0) is 24.5. The molecule has 9 nitrogen and oxygen atoms in total. The summed E-state index contributed by atoms with van der Waals surface area (Å²) in [5, 5.41) is 41.6.